The van der Waals surface area contributed by atoms with Gasteiger partial charge in [0.2, 0.25) is 0 Å². The summed E-state index contributed by atoms with van der Waals surface area (Å²) in [5.41, 5.74) is 0.511. The van der Waals surface area contributed by atoms with Gasteiger partial charge in [-0.3, -0.25) is 0 Å². The lowest BCUT2D eigenvalue weighted by Crippen LogP contribution is -2.65. The molecule has 4 unspecified atom stereocenters. The molecule has 1 N–H and O–H groups in total. The Morgan fingerprint density at radius 3 is 2.67 bits per heavy atom. The van der Waals surface area contributed by atoms with E-state index in [4.69, 9.17) is 4.74 Å². The lowest BCUT2D eigenvalue weighted by atomic mass is 9.69. The maximum absolute atomic E-state index is 6.74. The lowest BCUT2D eigenvalue weighted by molar-refractivity contribution is -0.201. The summed E-state index contributed by atoms with van der Waals surface area (Å²) in [5.74, 6) is 0.837. The van der Waals surface area contributed by atoms with Gasteiger partial charge in [-0.05, 0) is 37.0 Å². The molecule has 1 aliphatic heterocycles. The van der Waals surface area contributed by atoms with E-state index in [2.05, 4.69) is 26.1 Å². The molecule has 1 heterocycles. The Morgan fingerprint density at radius 1 is 1.11 bits per heavy atom. The monoisotopic (exact) mass is 251 g/mol. The topological polar surface area (TPSA) is 21.3 Å². The van der Waals surface area contributed by atoms with Crippen LogP contribution in [0.4, 0.5) is 0 Å². The van der Waals surface area contributed by atoms with Gasteiger partial charge in [0.1, 0.15) is 0 Å². The minimum atomic E-state index is 0.160. The fraction of sp³-hybridized carbons (Fsp3) is 1.00. The average Bonchev–Trinajstić information content (AvgIpc) is 2.30. The first-order chi connectivity index (χ1) is 8.51. The van der Waals surface area contributed by atoms with E-state index in [1.54, 1.807) is 0 Å². The number of fused-ring (bicyclic) bond motifs is 1. The number of nitrogens with one attached hydrogen (secondary N) is 1. The van der Waals surface area contributed by atoms with Crippen molar-refractivity contribution in [1.29, 1.82) is 0 Å². The first-order valence-electron chi connectivity index (χ1n) is 7.92. The summed E-state index contributed by atoms with van der Waals surface area (Å²) >= 11 is 0. The van der Waals surface area contributed by atoms with E-state index in [1.165, 1.54) is 44.9 Å². The van der Waals surface area contributed by atoms with Crippen molar-refractivity contribution in [3.8, 4) is 0 Å². The van der Waals surface area contributed by atoms with Gasteiger partial charge in [0.15, 0.2) is 0 Å². The Labute approximate surface area is 112 Å². The van der Waals surface area contributed by atoms with E-state index in [-0.39, 0.29) is 5.60 Å². The third-order valence-corrected chi connectivity index (χ3v) is 5.59. The van der Waals surface area contributed by atoms with Crippen LogP contribution in [0.1, 0.15) is 65.7 Å². The zero-order chi connectivity index (χ0) is 12.8. The van der Waals surface area contributed by atoms with Crippen molar-refractivity contribution >= 4 is 0 Å². The number of hydrogen-bond acceptors (Lipinski definition) is 2. The number of morpholine rings is 1. The second kappa shape index (κ2) is 4.49. The smallest absolute Gasteiger partial charge is 0.0813 e. The predicted octanol–water partition coefficient (Wildman–Crippen LogP) is 3.50. The van der Waals surface area contributed by atoms with E-state index in [0.29, 0.717) is 17.6 Å². The summed E-state index contributed by atoms with van der Waals surface area (Å²) in [6.45, 7) is 8.28. The largest absolute Gasteiger partial charge is 0.368 e. The highest BCUT2D eigenvalue weighted by Gasteiger charge is 2.49. The summed E-state index contributed by atoms with van der Waals surface area (Å²) in [5, 5.41) is 3.83. The van der Waals surface area contributed by atoms with Crippen molar-refractivity contribution in [2.75, 3.05) is 6.54 Å². The van der Waals surface area contributed by atoms with Crippen LogP contribution in [-0.4, -0.2) is 24.3 Å². The molecule has 0 aromatic carbocycles. The first-order valence-corrected chi connectivity index (χ1v) is 7.92. The van der Waals surface area contributed by atoms with Crippen LogP contribution >= 0.6 is 0 Å². The molecule has 2 heteroatoms. The maximum Gasteiger partial charge on any atom is 0.0813 e. The molecule has 2 nitrogen and oxygen atoms in total. The molecule has 2 aliphatic carbocycles. The quantitative estimate of drug-likeness (QED) is 0.711. The zero-order valence-electron chi connectivity index (χ0n) is 12.3. The molecule has 18 heavy (non-hydrogen) atoms. The van der Waals surface area contributed by atoms with Crippen LogP contribution in [0.25, 0.3) is 0 Å². The number of hydrogen-bond donors (Lipinski definition) is 1. The molecule has 104 valence electrons. The van der Waals surface area contributed by atoms with Crippen molar-refractivity contribution in [2.45, 2.75) is 83.5 Å². The van der Waals surface area contributed by atoms with Crippen LogP contribution in [0, 0.1) is 11.3 Å². The van der Waals surface area contributed by atoms with Gasteiger partial charge in [-0.25, -0.2) is 0 Å². The first kappa shape index (κ1) is 12.9. The summed E-state index contributed by atoms with van der Waals surface area (Å²) in [4.78, 5) is 0. The summed E-state index contributed by atoms with van der Waals surface area (Å²) in [7, 11) is 0. The molecule has 0 amide bonds. The Balaban J connectivity index is 1.77. The second-order valence-corrected chi connectivity index (χ2v) is 7.79. The highest BCUT2D eigenvalue weighted by Crippen LogP contribution is 2.45. The third-order valence-electron chi connectivity index (χ3n) is 5.59. The van der Waals surface area contributed by atoms with Crippen molar-refractivity contribution in [2.24, 2.45) is 11.3 Å². The van der Waals surface area contributed by atoms with Gasteiger partial charge in [-0.15, -0.1) is 0 Å². The molecule has 0 bridgehead atoms. The van der Waals surface area contributed by atoms with Crippen LogP contribution in [0.3, 0.4) is 0 Å². The van der Waals surface area contributed by atoms with Crippen molar-refractivity contribution in [3.05, 3.63) is 0 Å². The molecule has 0 aromatic rings. The molecule has 3 aliphatic rings. The Hall–Kier alpha value is -0.0800. The molecular formula is C16H29NO. The minimum Gasteiger partial charge on any atom is -0.368 e. The van der Waals surface area contributed by atoms with E-state index in [1.807, 2.05) is 0 Å². The molecule has 2 saturated carbocycles. The van der Waals surface area contributed by atoms with E-state index < -0.39 is 0 Å². The Bertz CT molecular complexity index is 314. The Kier molecular flexibility index (Phi) is 3.22. The summed E-state index contributed by atoms with van der Waals surface area (Å²) in [6.07, 6.45) is 9.69. The standard InChI is InChI=1S/C16H29NO/c1-12-6-4-9-16(10-12)11-17-13-7-5-8-15(2,3)14(13)18-16/h12-14,17H,4-11H2,1-3H3. The predicted molar refractivity (Wildman–Crippen MR) is 74.7 cm³/mol. The van der Waals surface area contributed by atoms with E-state index in [9.17, 15) is 0 Å². The zero-order valence-corrected chi connectivity index (χ0v) is 12.3. The molecule has 1 spiro atoms. The van der Waals surface area contributed by atoms with Gasteiger partial charge < -0.3 is 10.1 Å². The number of ether oxygens (including phenoxy) is 1. The van der Waals surface area contributed by atoms with E-state index >= 15 is 0 Å². The average molecular weight is 251 g/mol. The Morgan fingerprint density at radius 2 is 1.89 bits per heavy atom. The molecule has 3 fully saturated rings. The fourth-order valence-electron chi connectivity index (χ4n) is 4.57. The van der Waals surface area contributed by atoms with Crippen LogP contribution in [0.2, 0.25) is 0 Å². The third kappa shape index (κ3) is 2.22. The van der Waals surface area contributed by atoms with Crippen molar-refractivity contribution in [1.82, 2.24) is 5.32 Å². The fourth-order valence-corrected chi connectivity index (χ4v) is 4.57. The van der Waals surface area contributed by atoms with Crippen LogP contribution in [0.5, 0.6) is 0 Å². The van der Waals surface area contributed by atoms with Gasteiger partial charge in [0.25, 0.3) is 0 Å². The van der Waals surface area contributed by atoms with Gasteiger partial charge in [-0.2, -0.15) is 0 Å². The van der Waals surface area contributed by atoms with Crippen molar-refractivity contribution in [3.63, 3.8) is 0 Å². The molecule has 0 aromatic heterocycles. The lowest BCUT2D eigenvalue weighted by Gasteiger charge is -2.55. The van der Waals surface area contributed by atoms with Gasteiger partial charge in [0, 0.05) is 12.6 Å². The number of rotatable bonds is 0. The maximum atomic E-state index is 6.74. The van der Waals surface area contributed by atoms with E-state index in [0.717, 1.165) is 12.5 Å². The molecular weight excluding hydrogens is 222 g/mol. The van der Waals surface area contributed by atoms with Crippen molar-refractivity contribution < 1.29 is 4.74 Å². The molecule has 0 radical (unpaired) electrons. The van der Waals surface area contributed by atoms with Crippen LogP contribution < -0.4 is 5.32 Å². The second-order valence-electron chi connectivity index (χ2n) is 7.79. The minimum absolute atomic E-state index is 0.160. The summed E-state index contributed by atoms with van der Waals surface area (Å²) < 4.78 is 6.74. The van der Waals surface area contributed by atoms with Crippen LogP contribution in [-0.2, 0) is 4.74 Å². The molecule has 3 rings (SSSR count). The van der Waals surface area contributed by atoms with Gasteiger partial charge in [-0.1, -0.05) is 40.0 Å². The van der Waals surface area contributed by atoms with Crippen LogP contribution in [0.15, 0.2) is 0 Å². The van der Waals surface area contributed by atoms with Gasteiger partial charge >= 0.3 is 0 Å². The molecule has 4 atom stereocenters. The summed E-state index contributed by atoms with van der Waals surface area (Å²) in [6, 6.07) is 0.608. The normalized spacial score (nSPS) is 47.8. The highest BCUT2D eigenvalue weighted by atomic mass is 16.5. The molecule has 1 saturated heterocycles. The highest BCUT2D eigenvalue weighted by molar-refractivity contribution is 5.02. The SMILES string of the molecule is CC1CCCC2(CNC3CCCC(C)(C)C3O2)C1. The van der Waals surface area contributed by atoms with Gasteiger partial charge in [0.05, 0.1) is 11.7 Å².